The van der Waals surface area contributed by atoms with Crippen molar-refractivity contribution in [3.63, 3.8) is 0 Å². The Morgan fingerprint density at radius 1 is 1.00 bits per heavy atom. The molecule has 5 nitrogen and oxygen atoms in total. The maximum atomic E-state index is 13.7. The Bertz CT molecular complexity index is 1110. The third-order valence-electron chi connectivity index (χ3n) is 3.81. The molecule has 0 aliphatic heterocycles. The number of carbonyl (C=O) groups is 1. The van der Waals surface area contributed by atoms with Crippen LogP contribution in [0, 0.1) is 25.5 Å². The van der Waals surface area contributed by atoms with E-state index in [1.807, 2.05) is 0 Å². The average Bonchev–Trinajstić information content (AvgIpc) is 2.86. The highest BCUT2D eigenvalue weighted by atomic mass is 32.2. The molecule has 25 heavy (non-hydrogen) atoms. The van der Waals surface area contributed by atoms with Crippen molar-refractivity contribution in [3.05, 3.63) is 58.8 Å². The molecule has 0 saturated carbocycles. The summed E-state index contributed by atoms with van der Waals surface area (Å²) in [6.45, 7) is 3.45. The molecule has 3 rings (SSSR count). The first-order valence-corrected chi connectivity index (χ1v) is 8.73. The predicted molar refractivity (Wildman–Crippen MR) is 88.1 cm³/mol. The van der Waals surface area contributed by atoms with E-state index < -0.39 is 38.0 Å². The monoisotopic (exact) mass is 364 g/mol. The van der Waals surface area contributed by atoms with Gasteiger partial charge < -0.3 is 10.7 Å². The molecule has 0 radical (unpaired) electrons. The summed E-state index contributed by atoms with van der Waals surface area (Å²) in [5.41, 5.74) is 6.23. The van der Waals surface area contributed by atoms with Gasteiger partial charge in [-0.3, -0.25) is 4.79 Å². The largest absolute Gasteiger partial charge is 0.364 e. The van der Waals surface area contributed by atoms with E-state index in [4.69, 9.17) is 5.73 Å². The number of halogens is 2. The van der Waals surface area contributed by atoms with Crippen LogP contribution >= 0.6 is 0 Å². The van der Waals surface area contributed by atoms with Gasteiger partial charge in [0.1, 0.15) is 10.6 Å². The summed E-state index contributed by atoms with van der Waals surface area (Å²) < 4.78 is 53.3. The smallest absolute Gasteiger partial charge is 0.266 e. The molecule has 8 heteroatoms. The fraction of sp³-hybridized carbons (Fsp3) is 0.118. The van der Waals surface area contributed by atoms with Crippen LogP contribution in [0.2, 0.25) is 0 Å². The molecule has 3 N–H and O–H groups in total. The van der Waals surface area contributed by atoms with E-state index in [1.165, 1.54) is 12.1 Å². The Labute approximate surface area is 142 Å². The maximum absolute atomic E-state index is 13.7. The first kappa shape index (κ1) is 17.1. The summed E-state index contributed by atoms with van der Waals surface area (Å²) in [7, 11) is -4.19. The molecule has 0 bridgehead atoms. The Morgan fingerprint density at radius 2 is 1.56 bits per heavy atom. The summed E-state index contributed by atoms with van der Waals surface area (Å²) in [6, 6.07) is 6.19. The van der Waals surface area contributed by atoms with Gasteiger partial charge in [0.25, 0.3) is 5.91 Å². The first-order chi connectivity index (χ1) is 11.6. The van der Waals surface area contributed by atoms with Gasteiger partial charge in [-0.05, 0) is 43.2 Å². The van der Waals surface area contributed by atoms with Crippen LogP contribution in [0.15, 0.2) is 40.1 Å². The molecule has 1 aromatic heterocycles. The number of aryl methyl sites for hydroxylation is 2. The van der Waals surface area contributed by atoms with E-state index in [2.05, 4.69) is 4.98 Å². The second-order valence-corrected chi connectivity index (χ2v) is 7.72. The van der Waals surface area contributed by atoms with Crippen LogP contribution in [0.3, 0.4) is 0 Å². The Hall–Kier alpha value is -2.74. The van der Waals surface area contributed by atoms with Crippen molar-refractivity contribution in [2.75, 3.05) is 0 Å². The van der Waals surface area contributed by atoms with Crippen molar-refractivity contribution in [2.45, 2.75) is 23.6 Å². The zero-order chi connectivity index (χ0) is 18.5. The quantitative estimate of drug-likeness (QED) is 0.748. The lowest BCUT2D eigenvalue weighted by Gasteiger charge is -2.08. The minimum atomic E-state index is -4.19. The summed E-state index contributed by atoms with van der Waals surface area (Å²) in [5, 5.41) is -0.133. The zero-order valence-corrected chi connectivity index (χ0v) is 14.2. The van der Waals surface area contributed by atoms with Crippen molar-refractivity contribution < 1.29 is 22.0 Å². The number of aromatic amines is 1. The third kappa shape index (κ3) is 2.78. The van der Waals surface area contributed by atoms with E-state index in [-0.39, 0.29) is 15.8 Å². The number of nitrogens with two attached hydrogens (primary N) is 1. The molecule has 0 aliphatic rings. The van der Waals surface area contributed by atoms with Gasteiger partial charge in [0.05, 0.1) is 10.4 Å². The third-order valence-corrected chi connectivity index (χ3v) is 5.63. The first-order valence-electron chi connectivity index (χ1n) is 7.25. The van der Waals surface area contributed by atoms with Gasteiger partial charge in [0.15, 0.2) is 11.6 Å². The van der Waals surface area contributed by atoms with Crippen molar-refractivity contribution >= 4 is 26.6 Å². The number of aromatic nitrogens is 1. The number of hydrogen-bond donors (Lipinski definition) is 2. The minimum Gasteiger partial charge on any atom is -0.364 e. The lowest BCUT2D eigenvalue weighted by Crippen LogP contribution is -2.16. The van der Waals surface area contributed by atoms with Crippen LogP contribution in [0.25, 0.3) is 10.9 Å². The number of hydrogen-bond acceptors (Lipinski definition) is 3. The molecule has 1 amide bonds. The highest BCUT2D eigenvalue weighted by molar-refractivity contribution is 7.91. The van der Waals surface area contributed by atoms with Crippen molar-refractivity contribution in [2.24, 2.45) is 5.73 Å². The topological polar surface area (TPSA) is 93.0 Å². The number of primary amides is 1. The number of amides is 1. The number of carbonyl (C=O) groups excluding carboxylic acids is 1. The van der Waals surface area contributed by atoms with Gasteiger partial charge in [-0.2, -0.15) is 0 Å². The normalized spacial score (nSPS) is 11.8. The molecule has 0 spiro atoms. The van der Waals surface area contributed by atoms with Crippen LogP contribution in [0.5, 0.6) is 0 Å². The van der Waals surface area contributed by atoms with Crippen LogP contribution in [-0.2, 0) is 9.84 Å². The van der Waals surface area contributed by atoms with E-state index in [9.17, 15) is 22.0 Å². The van der Waals surface area contributed by atoms with Gasteiger partial charge in [-0.1, -0.05) is 6.07 Å². The number of rotatable bonds is 3. The molecule has 0 saturated heterocycles. The maximum Gasteiger partial charge on any atom is 0.266 e. The summed E-state index contributed by atoms with van der Waals surface area (Å²) in [6.07, 6.45) is 0. The van der Waals surface area contributed by atoms with Crippen LogP contribution in [0.1, 0.15) is 21.6 Å². The molecule has 3 aromatic rings. The summed E-state index contributed by atoms with van der Waals surface area (Å²) in [5.74, 6) is -3.43. The van der Waals surface area contributed by atoms with Gasteiger partial charge in [0.2, 0.25) is 9.84 Å². The molecular weight excluding hydrogens is 350 g/mol. The number of H-pyrrole nitrogens is 1. The Kier molecular flexibility index (Phi) is 3.87. The van der Waals surface area contributed by atoms with Crippen LogP contribution in [-0.4, -0.2) is 19.3 Å². The lowest BCUT2D eigenvalue weighted by atomic mass is 10.2. The van der Waals surface area contributed by atoms with Gasteiger partial charge in [-0.15, -0.1) is 0 Å². The molecule has 0 fully saturated rings. The van der Waals surface area contributed by atoms with E-state index in [0.29, 0.717) is 11.1 Å². The fourth-order valence-corrected chi connectivity index (χ4v) is 4.62. The Balaban J connectivity index is 2.42. The number of fused-ring (bicyclic) bond motifs is 1. The number of nitrogens with one attached hydrogen (secondary N) is 1. The SMILES string of the molecule is Cc1cc(C)cc(S(=O)(=O)c2c(C(N)=O)[nH]c3cc(F)c(F)cc23)c1. The predicted octanol–water partition coefficient (Wildman–Crippen LogP) is 2.99. The molecule has 130 valence electrons. The van der Waals surface area contributed by atoms with Crippen LogP contribution < -0.4 is 5.73 Å². The molecule has 0 aliphatic carbocycles. The fourth-order valence-electron chi connectivity index (χ4n) is 2.82. The summed E-state index contributed by atoms with van der Waals surface area (Å²) in [4.78, 5) is 13.7. The second-order valence-electron chi connectivity index (χ2n) is 5.83. The van der Waals surface area contributed by atoms with Gasteiger partial charge in [0, 0.05) is 11.5 Å². The number of benzene rings is 2. The second kappa shape index (κ2) is 5.66. The van der Waals surface area contributed by atoms with Gasteiger partial charge >= 0.3 is 0 Å². The standard InChI is InChI=1S/C17H14F2N2O3S/c1-8-3-9(2)5-10(4-8)25(23,24)16-11-6-12(18)13(19)7-14(11)21-15(16)17(20)22/h3-7,21H,1-2H3,(H2,20,22). The molecular formula is C17H14F2N2O3S. The summed E-state index contributed by atoms with van der Waals surface area (Å²) >= 11 is 0. The highest BCUT2D eigenvalue weighted by Gasteiger charge is 2.29. The van der Waals surface area contributed by atoms with E-state index in [1.54, 1.807) is 19.9 Å². The van der Waals surface area contributed by atoms with Crippen molar-refractivity contribution in [3.8, 4) is 0 Å². The van der Waals surface area contributed by atoms with Crippen LogP contribution in [0.4, 0.5) is 8.78 Å². The number of sulfone groups is 1. The zero-order valence-electron chi connectivity index (χ0n) is 13.4. The molecule has 0 atom stereocenters. The minimum absolute atomic E-state index is 0.0318. The van der Waals surface area contributed by atoms with Gasteiger partial charge in [-0.25, -0.2) is 17.2 Å². The van der Waals surface area contributed by atoms with Crippen molar-refractivity contribution in [1.29, 1.82) is 0 Å². The highest BCUT2D eigenvalue weighted by Crippen LogP contribution is 2.33. The molecule has 2 aromatic carbocycles. The average molecular weight is 364 g/mol. The molecule has 1 heterocycles. The Morgan fingerprint density at radius 3 is 2.12 bits per heavy atom. The lowest BCUT2D eigenvalue weighted by molar-refractivity contribution is 0.0993. The van der Waals surface area contributed by atoms with Crippen molar-refractivity contribution in [1.82, 2.24) is 4.98 Å². The van der Waals surface area contributed by atoms with E-state index in [0.717, 1.165) is 12.1 Å². The van der Waals surface area contributed by atoms with E-state index >= 15 is 0 Å². The molecule has 0 unspecified atom stereocenters.